The van der Waals surface area contributed by atoms with Crippen LogP contribution in [0.4, 0.5) is 0 Å². The van der Waals surface area contributed by atoms with Gasteiger partial charge in [-0.1, -0.05) is 6.92 Å². The van der Waals surface area contributed by atoms with Gasteiger partial charge in [0.2, 0.25) is 0 Å². The minimum Gasteiger partial charge on any atom is -0.481 e. The molecule has 6 nitrogen and oxygen atoms in total. The topological polar surface area (TPSA) is 99.3 Å². The maximum Gasteiger partial charge on any atom is 0.308 e. The predicted molar refractivity (Wildman–Crippen MR) is 60.9 cm³/mol. The molecule has 0 bridgehead atoms. The summed E-state index contributed by atoms with van der Waals surface area (Å²) in [4.78, 5) is 36.0. The zero-order chi connectivity index (χ0) is 13.0. The van der Waals surface area contributed by atoms with Crippen LogP contribution in [0.2, 0.25) is 0 Å². The summed E-state index contributed by atoms with van der Waals surface area (Å²) in [6.07, 6.45) is 0. The molecule has 1 unspecified atom stereocenters. The normalized spacial score (nSPS) is 11.9. The number of pyridine rings is 1. The van der Waals surface area contributed by atoms with Crippen LogP contribution >= 0.6 is 0 Å². The first kappa shape index (κ1) is 13.0. The van der Waals surface area contributed by atoms with Crippen LogP contribution < -0.4 is 10.9 Å². The van der Waals surface area contributed by atoms with Gasteiger partial charge >= 0.3 is 5.97 Å². The number of carboxylic acids is 1. The van der Waals surface area contributed by atoms with Gasteiger partial charge in [0.15, 0.2) is 0 Å². The molecule has 1 rings (SSSR count). The van der Waals surface area contributed by atoms with Crippen molar-refractivity contribution < 1.29 is 14.7 Å². The standard InChI is InChI=1S/C11H14N2O4/c1-6(11(16)17)5-12-9(14)8-4-3-7(2)13-10(8)15/h3-4,6H,5H2,1-2H3,(H,12,14)(H,13,15)(H,16,17). The van der Waals surface area contributed by atoms with Crippen LogP contribution in [0, 0.1) is 12.8 Å². The van der Waals surface area contributed by atoms with E-state index in [-0.39, 0.29) is 12.1 Å². The Labute approximate surface area is 97.7 Å². The number of hydrogen-bond donors (Lipinski definition) is 3. The number of hydrogen-bond acceptors (Lipinski definition) is 3. The van der Waals surface area contributed by atoms with Gasteiger partial charge < -0.3 is 15.4 Å². The number of aromatic amines is 1. The molecule has 0 aromatic carbocycles. The molecule has 0 aliphatic rings. The molecule has 17 heavy (non-hydrogen) atoms. The fraction of sp³-hybridized carbons (Fsp3) is 0.364. The highest BCUT2D eigenvalue weighted by Gasteiger charge is 2.14. The van der Waals surface area contributed by atoms with Gasteiger partial charge in [0, 0.05) is 12.2 Å². The fourth-order valence-electron chi connectivity index (χ4n) is 1.18. The first-order valence-electron chi connectivity index (χ1n) is 5.12. The molecule has 0 radical (unpaired) electrons. The lowest BCUT2D eigenvalue weighted by Crippen LogP contribution is -2.34. The van der Waals surface area contributed by atoms with E-state index in [4.69, 9.17) is 5.11 Å². The Bertz CT molecular complexity index is 492. The molecule has 1 aromatic heterocycles. The summed E-state index contributed by atoms with van der Waals surface area (Å²) in [5.41, 5.74) is 0.157. The van der Waals surface area contributed by atoms with Crippen LogP contribution in [0.15, 0.2) is 16.9 Å². The molecule has 0 aliphatic heterocycles. The molecule has 1 amide bonds. The highest BCUT2D eigenvalue weighted by molar-refractivity contribution is 5.94. The Morgan fingerprint density at radius 2 is 2.12 bits per heavy atom. The number of carbonyl (C=O) groups is 2. The number of amides is 1. The van der Waals surface area contributed by atoms with E-state index >= 15 is 0 Å². The van der Waals surface area contributed by atoms with Crippen LogP contribution in [0.1, 0.15) is 23.0 Å². The van der Waals surface area contributed by atoms with E-state index in [1.165, 1.54) is 13.0 Å². The van der Waals surface area contributed by atoms with Crippen LogP contribution in [-0.4, -0.2) is 28.5 Å². The zero-order valence-corrected chi connectivity index (χ0v) is 9.61. The lowest BCUT2D eigenvalue weighted by molar-refractivity contribution is -0.140. The fourth-order valence-corrected chi connectivity index (χ4v) is 1.18. The maximum atomic E-state index is 11.6. The van der Waals surface area contributed by atoms with E-state index in [1.54, 1.807) is 13.0 Å². The smallest absolute Gasteiger partial charge is 0.308 e. The molecule has 0 spiro atoms. The number of carbonyl (C=O) groups excluding carboxylic acids is 1. The van der Waals surface area contributed by atoms with Gasteiger partial charge in [0.1, 0.15) is 5.56 Å². The average molecular weight is 238 g/mol. The van der Waals surface area contributed by atoms with Crippen LogP contribution in [-0.2, 0) is 4.79 Å². The SMILES string of the molecule is Cc1ccc(C(=O)NCC(C)C(=O)O)c(=O)[nH]1. The second-order valence-corrected chi connectivity index (χ2v) is 3.83. The third kappa shape index (κ3) is 3.44. The van der Waals surface area contributed by atoms with Crippen molar-refractivity contribution in [1.29, 1.82) is 0 Å². The minimum atomic E-state index is -0.997. The van der Waals surface area contributed by atoms with Crippen LogP contribution in [0.5, 0.6) is 0 Å². The summed E-state index contributed by atoms with van der Waals surface area (Å²) in [6, 6.07) is 3.02. The molecular weight excluding hydrogens is 224 g/mol. The lowest BCUT2D eigenvalue weighted by atomic mass is 10.2. The Kier molecular flexibility index (Phi) is 4.03. The van der Waals surface area contributed by atoms with Crippen LogP contribution in [0.3, 0.4) is 0 Å². The van der Waals surface area contributed by atoms with E-state index in [9.17, 15) is 14.4 Å². The van der Waals surface area contributed by atoms with Gasteiger partial charge in [-0.25, -0.2) is 0 Å². The Balaban J connectivity index is 2.71. The molecule has 1 heterocycles. The second-order valence-electron chi connectivity index (χ2n) is 3.83. The Hall–Kier alpha value is -2.11. The monoisotopic (exact) mass is 238 g/mol. The number of carboxylic acid groups (broad SMARTS) is 1. The van der Waals surface area contributed by atoms with Crippen molar-refractivity contribution in [2.24, 2.45) is 5.92 Å². The summed E-state index contributed by atoms with van der Waals surface area (Å²) in [5, 5.41) is 11.0. The van der Waals surface area contributed by atoms with Crippen molar-refractivity contribution in [2.45, 2.75) is 13.8 Å². The quantitative estimate of drug-likeness (QED) is 0.694. The van der Waals surface area contributed by atoms with Crippen molar-refractivity contribution in [3.8, 4) is 0 Å². The molecule has 1 atom stereocenters. The van der Waals surface area contributed by atoms with E-state index in [0.29, 0.717) is 5.69 Å². The van der Waals surface area contributed by atoms with Gasteiger partial charge in [0.05, 0.1) is 5.92 Å². The van der Waals surface area contributed by atoms with Crippen molar-refractivity contribution in [3.05, 3.63) is 33.7 Å². The summed E-state index contributed by atoms with van der Waals surface area (Å²) in [6.45, 7) is 3.17. The average Bonchev–Trinajstić information content (AvgIpc) is 2.25. The van der Waals surface area contributed by atoms with Crippen molar-refractivity contribution in [2.75, 3.05) is 6.54 Å². The highest BCUT2D eigenvalue weighted by Crippen LogP contribution is 1.96. The number of nitrogens with one attached hydrogen (secondary N) is 2. The van der Waals surface area contributed by atoms with Crippen LogP contribution in [0.25, 0.3) is 0 Å². The van der Waals surface area contributed by atoms with Gasteiger partial charge in [-0.15, -0.1) is 0 Å². The highest BCUT2D eigenvalue weighted by atomic mass is 16.4. The molecule has 0 aliphatic carbocycles. The number of aliphatic carboxylic acids is 1. The molecule has 0 saturated carbocycles. The summed E-state index contributed by atoms with van der Waals surface area (Å²) in [5.74, 6) is -2.26. The van der Waals surface area contributed by atoms with Crippen molar-refractivity contribution in [3.63, 3.8) is 0 Å². The number of aryl methyl sites for hydroxylation is 1. The number of aromatic nitrogens is 1. The van der Waals surface area contributed by atoms with Gasteiger partial charge in [-0.05, 0) is 19.1 Å². The van der Waals surface area contributed by atoms with Gasteiger partial charge in [-0.2, -0.15) is 0 Å². The molecule has 92 valence electrons. The minimum absolute atomic E-state index is 0.0124. The van der Waals surface area contributed by atoms with E-state index in [1.807, 2.05) is 0 Å². The first-order valence-corrected chi connectivity index (χ1v) is 5.12. The second kappa shape index (κ2) is 5.29. The summed E-state index contributed by atoms with van der Waals surface area (Å²) >= 11 is 0. The van der Waals surface area contributed by atoms with E-state index in [2.05, 4.69) is 10.3 Å². The molecule has 1 aromatic rings. The number of H-pyrrole nitrogens is 1. The van der Waals surface area contributed by atoms with Gasteiger partial charge in [0.25, 0.3) is 11.5 Å². The molecular formula is C11H14N2O4. The Morgan fingerprint density at radius 3 is 2.65 bits per heavy atom. The summed E-state index contributed by atoms with van der Waals surface area (Å²) in [7, 11) is 0. The third-order valence-corrected chi connectivity index (χ3v) is 2.29. The third-order valence-electron chi connectivity index (χ3n) is 2.29. The lowest BCUT2D eigenvalue weighted by Gasteiger charge is -2.07. The first-order chi connectivity index (χ1) is 7.91. The van der Waals surface area contributed by atoms with Gasteiger partial charge in [-0.3, -0.25) is 14.4 Å². The van der Waals surface area contributed by atoms with Crippen molar-refractivity contribution >= 4 is 11.9 Å². The summed E-state index contributed by atoms with van der Waals surface area (Å²) < 4.78 is 0. The number of rotatable bonds is 4. The Morgan fingerprint density at radius 1 is 1.47 bits per heavy atom. The molecule has 6 heteroatoms. The van der Waals surface area contributed by atoms with E-state index < -0.39 is 23.4 Å². The van der Waals surface area contributed by atoms with Crippen molar-refractivity contribution in [1.82, 2.24) is 10.3 Å². The molecule has 3 N–H and O–H groups in total. The predicted octanol–water partition coefficient (Wildman–Crippen LogP) is 0.134. The maximum absolute atomic E-state index is 11.6. The van der Waals surface area contributed by atoms with E-state index in [0.717, 1.165) is 0 Å². The zero-order valence-electron chi connectivity index (χ0n) is 9.61. The molecule has 0 saturated heterocycles. The largest absolute Gasteiger partial charge is 0.481 e. The molecule has 0 fully saturated rings.